The van der Waals surface area contributed by atoms with Crippen LogP contribution in [0.3, 0.4) is 0 Å². The van der Waals surface area contributed by atoms with Crippen LogP contribution in [-0.2, 0) is 16.0 Å². The molecular formula is C22H31BrN4O2. The van der Waals surface area contributed by atoms with Crippen LogP contribution in [0.4, 0.5) is 0 Å². The highest BCUT2D eigenvalue weighted by atomic mass is 79.9. The van der Waals surface area contributed by atoms with Crippen LogP contribution in [0, 0.1) is 0 Å². The summed E-state index contributed by atoms with van der Waals surface area (Å²) in [5.74, 6) is 0.404. The molecule has 0 aromatic heterocycles. The van der Waals surface area contributed by atoms with E-state index in [0.717, 1.165) is 55.3 Å². The van der Waals surface area contributed by atoms with Crippen LogP contribution in [0.25, 0.3) is 0 Å². The lowest BCUT2D eigenvalue weighted by molar-refractivity contribution is -0.136. The smallest absolute Gasteiger partial charge is 0.236 e. The van der Waals surface area contributed by atoms with E-state index in [2.05, 4.69) is 25.7 Å². The van der Waals surface area contributed by atoms with Gasteiger partial charge in [-0.1, -0.05) is 40.5 Å². The van der Waals surface area contributed by atoms with Crippen molar-refractivity contribution in [2.45, 2.75) is 31.7 Å². The van der Waals surface area contributed by atoms with E-state index in [1.54, 1.807) is 0 Å². The fourth-order valence-corrected chi connectivity index (χ4v) is 4.88. The van der Waals surface area contributed by atoms with E-state index < -0.39 is 0 Å². The second-order valence-corrected chi connectivity index (χ2v) is 9.28. The summed E-state index contributed by atoms with van der Waals surface area (Å²) in [7, 11) is 0. The largest absolute Gasteiger partial charge is 0.340 e. The van der Waals surface area contributed by atoms with Crippen molar-refractivity contribution in [1.29, 1.82) is 0 Å². The second-order valence-electron chi connectivity index (χ2n) is 8.43. The Morgan fingerprint density at radius 2 is 1.48 bits per heavy atom. The van der Waals surface area contributed by atoms with Gasteiger partial charge >= 0.3 is 0 Å². The molecule has 0 spiro atoms. The lowest BCUT2D eigenvalue weighted by Gasteiger charge is -2.43. The normalized spacial score (nSPS) is 21.8. The molecule has 2 aliphatic heterocycles. The minimum absolute atomic E-state index is 0.162. The zero-order valence-corrected chi connectivity index (χ0v) is 18.6. The first-order chi connectivity index (χ1) is 14.1. The number of hydrogen-bond acceptors (Lipinski definition) is 4. The van der Waals surface area contributed by atoms with E-state index in [1.165, 1.54) is 19.3 Å². The molecule has 2 amide bonds. The first kappa shape index (κ1) is 20.8. The van der Waals surface area contributed by atoms with Gasteiger partial charge < -0.3 is 9.80 Å². The number of carbonyl (C=O) groups is 2. The summed E-state index contributed by atoms with van der Waals surface area (Å²) >= 11 is 3.52. The monoisotopic (exact) mass is 462 g/mol. The summed E-state index contributed by atoms with van der Waals surface area (Å²) < 4.78 is 0.981. The number of hydrogen-bond donors (Lipinski definition) is 0. The van der Waals surface area contributed by atoms with E-state index in [9.17, 15) is 9.59 Å². The van der Waals surface area contributed by atoms with Crippen molar-refractivity contribution in [1.82, 2.24) is 19.6 Å². The van der Waals surface area contributed by atoms with Gasteiger partial charge in [-0.05, 0) is 24.5 Å². The highest BCUT2D eigenvalue weighted by molar-refractivity contribution is 9.10. The molecule has 0 unspecified atom stereocenters. The maximum absolute atomic E-state index is 12.7. The third kappa shape index (κ3) is 5.19. The molecule has 6 nitrogen and oxygen atoms in total. The third-order valence-electron chi connectivity index (χ3n) is 6.64. The van der Waals surface area contributed by atoms with Crippen LogP contribution in [-0.4, -0.2) is 96.4 Å². The molecule has 0 bridgehead atoms. The molecule has 0 N–H and O–H groups in total. The second kappa shape index (κ2) is 9.58. The molecule has 158 valence electrons. The molecule has 1 saturated carbocycles. The van der Waals surface area contributed by atoms with Crippen molar-refractivity contribution in [2.24, 2.45) is 0 Å². The highest BCUT2D eigenvalue weighted by Gasteiger charge is 2.30. The Morgan fingerprint density at radius 1 is 0.862 bits per heavy atom. The van der Waals surface area contributed by atoms with Gasteiger partial charge in [-0.15, -0.1) is 0 Å². The minimum atomic E-state index is 0.162. The average Bonchev–Trinajstić information content (AvgIpc) is 2.69. The quantitative estimate of drug-likeness (QED) is 0.669. The zero-order valence-electron chi connectivity index (χ0n) is 17.1. The van der Waals surface area contributed by atoms with E-state index >= 15 is 0 Å². The minimum Gasteiger partial charge on any atom is -0.340 e. The number of carbonyl (C=O) groups excluding carboxylic acids is 2. The number of piperazine rings is 2. The first-order valence-corrected chi connectivity index (χ1v) is 11.6. The van der Waals surface area contributed by atoms with Crippen LogP contribution in [0.5, 0.6) is 0 Å². The van der Waals surface area contributed by atoms with Crippen LogP contribution in [0.1, 0.15) is 24.8 Å². The fourth-order valence-electron chi connectivity index (χ4n) is 4.45. The molecule has 1 aromatic rings. The molecule has 0 radical (unpaired) electrons. The predicted octanol–water partition coefficient (Wildman–Crippen LogP) is 1.83. The Bertz CT molecular complexity index is 723. The Hall–Kier alpha value is -1.44. The van der Waals surface area contributed by atoms with Gasteiger partial charge in [0.05, 0.1) is 13.0 Å². The molecule has 2 saturated heterocycles. The summed E-state index contributed by atoms with van der Waals surface area (Å²) in [6.45, 7) is 7.19. The van der Waals surface area contributed by atoms with Crippen LogP contribution < -0.4 is 0 Å². The number of nitrogens with zero attached hydrogens (tertiary/aromatic N) is 4. The Labute approximate surface area is 181 Å². The van der Waals surface area contributed by atoms with Crippen molar-refractivity contribution >= 4 is 27.7 Å². The Morgan fingerprint density at radius 3 is 2.10 bits per heavy atom. The van der Waals surface area contributed by atoms with E-state index in [4.69, 9.17) is 0 Å². The molecule has 7 heteroatoms. The van der Waals surface area contributed by atoms with Crippen molar-refractivity contribution < 1.29 is 9.59 Å². The van der Waals surface area contributed by atoms with Gasteiger partial charge in [0, 0.05) is 62.9 Å². The topological polar surface area (TPSA) is 47.1 Å². The molecule has 29 heavy (non-hydrogen) atoms. The van der Waals surface area contributed by atoms with Crippen molar-refractivity contribution in [2.75, 3.05) is 58.9 Å². The average molecular weight is 463 g/mol. The first-order valence-electron chi connectivity index (χ1n) is 10.9. The number of benzene rings is 1. The maximum atomic E-state index is 12.7. The van der Waals surface area contributed by atoms with Crippen LogP contribution >= 0.6 is 15.9 Å². The zero-order chi connectivity index (χ0) is 20.2. The van der Waals surface area contributed by atoms with Crippen molar-refractivity contribution in [3.63, 3.8) is 0 Å². The van der Waals surface area contributed by atoms with Crippen molar-refractivity contribution in [3.05, 3.63) is 34.3 Å². The van der Waals surface area contributed by atoms with Gasteiger partial charge in [0.15, 0.2) is 0 Å². The van der Waals surface area contributed by atoms with E-state index in [1.807, 2.05) is 34.1 Å². The number of rotatable bonds is 5. The molecule has 0 atom stereocenters. The summed E-state index contributed by atoms with van der Waals surface area (Å²) in [5, 5.41) is 0. The summed E-state index contributed by atoms with van der Waals surface area (Å²) in [6.07, 6.45) is 4.45. The fraction of sp³-hybridized carbons (Fsp3) is 0.636. The number of halogens is 1. The van der Waals surface area contributed by atoms with Gasteiger partial charge in [-0.25, -0.2) is 0 Å². The summed E-state index contributed by atoms with van der Waals surface area (Å²) in [4.78, 5) is 34.0. The lowest BCUT2D eigenvalue weighted by atomic mass is 9.91. The Kier molecular flexibility index (Phi) is 6.88. The van der Waals surface area contributed by atoms with E-state index in [0.29, 0.717) is 26.1 Å². The standard InChI is InChI=1S/C22H31BrN4O2/c23-20-7-2-1-4-18(20)16-21(28)26-10-8-24(9-11-26)17-22(29)27-14-12-25(13-15-27)19-5-3-6-19/h1-2,4,7,19H,3,5-6,8-17H2. The molecule has 2 heterocycles. The van der Waals surface area contributed by atoms with Crippen molar-refractivity contribution in [3.8, 4) is 0 Å². The van der Waals surface area contributed by atoms with Gasteiger partial charge in [-0.3, -0.25) is 19.4 Å². The Balaban J connectivity index is 1.18. The summed E-state index contributed by atoms with van der Waals surface area (Å²) in [6, 6.07) is 8.65. The van der Waals surface area contributed by atoms with Gasteiger partial charge in [-0.2, -0.15) is 0 Å². The van der Waals surface area contributed by atoms with Crippen LogP contribution in [0.2, 0.25) is 0 Å². The summed E-state index contributed by atoms with van der Waals surface area (Å²) in [5.41, 5.74) is 1.02. The molecule has 3 fully saturated rings. The number of amides is 2. The van der Waals surface area contributed by atoms with Gasteiger partial charge in [0.25, 0.3) is 0 Å². The maximum Gasteiger partial charge on any atom is 0.236 e. The van der Waals surface area contributed by atoms with Gasteiger partial charge in [0.1, 0.15) is 0 Å². The molecular weight excluding hydrogens is 432 g/mol. The SMILES string of the molecule is O=C(Cc1ccccc1Br)N1CCN(CC(=O)N2CCN(C3CCC3)CC2)CC1. The molecule has 4 rings (SSSR count). The third-order valence-corrected chi connectivity index (χ3v) is 7.42. The van der Waals surface area contributed by atoms with E-state index in [-0.39, 0.29) is 11.8 Å². The van der Waals surface area contributed by atoms with Gasteiger partial charge in [0.2, 0.25) is 11.8 Å². The van der Waals surface area contributed by atoms with Crippen LogP contribution in [0.15, 0.2) is 28.7 Å². The highest BCUT2D eigenvalue weighted by Crippen LogP contribution is 2.25. The predicted molar refractivity (Wildman–Crippen MR) is 117 cm³/mol. The molecule has 1 aromatic carbocycles. The molecule has 1 aliphatic carbocycles. The molecule has 3 aliphatic rings. The lowest BCUT2D eigenvalue weighted by Crippen LogP contribution is -2.56.